The van der Waals surface area contributed by atoms with Crippen molar-refractivity contribution < 1.29 is 14.0 Å². The summed E-state index contributed by atoms with van der Waals surface area (Å²) in [5.41, 5.74) is 2.13. The Bertz CT molecular complexity index is 1500. The monoisotopic (exact) mass is 595 g/mol. The van der Waals surface area contributed by atoms with Gasteiger partial charge in [0, 0.05) is 64.8 Å². The van der Waals surface area contributed by atoms with Crippen molar-refractivity contribution >= 4 is 65.9 Å². The number of amides is 2. The van der Waals surface area contributed by atoms with Gasteiger partial charge in [0.1, 0.15) is 10.3 Å². The summed E-state index contributed by atoms with van der Waals surface area (Å²) in [6.07, 6.45) is 4.12. The number of hydrogen-bond donors (Lipinski definition) is 2. The number of nitrogens with zero attached hydrogens (tertiary/aromatic N) is 5. The van der Waals surface area contributed by atoms with Gasteiger partial charge in [-0.25, -0.2) is 9.97 Å². The van der Waals surface area contributed by atoms with Crippen molar-refractivity contribution in [3.05, 3.63) is 35.0 Å². The first kappa shape index (κ1) is 28.1. The summed E-state index contributed by atoms with van der Waals surface area (Å²) in [5.74, 6) is 0.925. The topological polar surface area (TPSA) is 107 Å². The number of fused-ring (bicyclic) bond motifs is 2. The maximum Gasteiger partial charge on any atom is 0.265 e. The van der Waals surface area contributed by atoms with E-state index >= 15 is 0 Å². The summed E-state index contributed by atoms with van der Waals surface area (Å²) in [6, 6.07) is 7.95. The molecule has 3 aromatic heterocycles. The van der Waals surface area contributed by atoms with Crippen LogP contribution in [0, 0.1) is 12.8 Å². The highest BCUT2D eigenvalue weighted by Gasteiger charge is 2.26. The Labute approximate surface area is 247 Å². The number of aryl methyl sites for hydroxylation is 1. The number of oxazole rings is 1. The van der Waals surface area contributed by atoms with Gasteiger partial charge in [-0.15, -0.1) is 11.3 Å². The number of thiazole rings is 1. The van der Waals surface area contributed by atoms with E-state index in [0.717, 1.165) is 85.1 Å². The van der Waals surface area contributed by atoms with Crippen molar-refractivity contribution in [2.45, 2.75) is 38.6 Å². The molecule has 2 saturated heterocycles. The first-order valence-corrected chi connectivity index (χ1v) is 16.0. The van der Waals surface area contributed by atoms with E-state index in [2.05, 4.69) is 25.4 Å². The van der Waals surface area contributed by atoms with Gasteiger partial charge in [0.25, 0.3) is 5.91 Å². The zero-order valence-electron chi connectivity index (χ0n) is 23.8. The van der Waals surface area contributed by atoms with Gasteiger partial charge in [-0.3, -0.25) is 9.59 Å². The fourth-order valence-electron chi connectivity index (χ4n) is 5.75. The number of aromatic nitrogens is 2. The van der Waals surface area contributed by atoms with Gasteiger partial charge in [0.15, 0.2) is 16.6 Å². The molecule has 218 valence electrons. The maximum atomic E-state index is 12.9. The molecular weight excluding hydrogens is 558 g/mol. The van der Waals surface area contributed by atoms with E-state index in [4.69, 9.17) is 9.40 Å². The number of rotatable bonds is 8. The number of carbonyl (C=O) groups excluding carboxylic acids is 2. The number of thiophene rings is 1. The zero-order chi connectivity index (χ0) is 28.5. The first-order valence-electron chi connectivity index (χ1n) is 14.3. The molecule has 41 heavy (non-hydrogen) atoms. The Morgan fingerprint density at radius 1 is 1.05 bits per heavy atom. The van der Waals surface area contributed by atoms with Crippen LogP contribution in [0.15, 0.2) is 28.7 Å². The maximum absolute atomic E-state index is 12.9. The van der Waals surface area contributed by atoms with Gasteiger partial charge >= 0.3 is 0 Å². The Kier molecular flexibility index (Phi) is 8.25. The summed E-state index contributed by atoms with van der Waals surface area (Å²) < 4.78 is 6.57. The van der Waals surface area contributed by atoms with Crippen LogP contribution in [0.4, 0.5) is 10.8 Å². The van der Waals surface area contributed by atoms with Crippen molar-refractivity contribution in [3.63, 3.8) is 0 Å². The molecule has 12 heteroatoms. The number of nitrogens with one attached hydrogen (secondary N) is 2. The molecule has 4 aromatic rings. The second kappa shape index (κ2) is 12.0. The minimum atomic E-state index is -0.139. The fourth-order valence-corrected chi connectivity index (χ4v) is 7.91. The average molecular weight is 596 g/mol. The quantitative estimate of drug-likeness (QED) is 0.309. The van der Waals surface area contributed by atoms with Crippen molar-refractivity contribution in [1.29, 1.82) is 0 Å². The summed E-state index contributed by atoms with van der Waals surface area (Å²) in [4.78, 5) is 42.4. The van der Waals surface area contributed by atoms with Gasteiger partial charge in [-0.2, -0.15) is 0 Å². The van der Waals surface area contributed by atoms with Crippen LogP contribution in [0.2, 0.25) is 0 Å². The lowest BCUT2D eigenvalue weighted by Crippen LogP contribution is -2.46. The second-order valence-electron chi connectivity index (χ2n) is 11.2. The molecule has 1 aromatic carbocycles. The predicted molar refractivity (Wildman–Crippen MR) is 165 cm³/mol. The Morgan fingerprint density at radius 3 is 2.56 bits per heavy atom. The van der Waals surface area contributed by atoms with E-state index in [-0.39, 0.29) is 17.7 Å². The molecule has 0 saturated carbocycles. The number of hydrogen-bond acceptors (Lipinski definition) is 10. The number of likely N-dealkylation sites (tertiary alicyclic amines) is 1. The first-order chi connectivity index (χ1) is 19.8. The SMILES string of the molecule is Cc1nc2cc(NC(=O)c3cc4sc(N5CCC(NCCN6CCC(C(=O)N(C)C)CC6)CC5)nc4s3)ccc2o1. The van der Waals surface area contributed by atoms with Crippen LogP contribution in [-0.2, 0) is 4.79 Å². The van der Waals surface area contributed by atoms with Crippen LogP contribution in [0.1, 0.15) is 41.2 Å². The molecule has 0 radical (unpaired) electrons. The van der Waals surface area contributed by atoms with Gasteiger partial charge in [0.05, 0.1) is 9.58 Å². The summed E-state index contributed by atoms with van der Waals surface area (Å²) in [6.45, 7) is 7.81. The van der Waals surface area contributed by atoms with E-state index in [1.54, 1.807) is 16.2 Å². The lowest BCUT2D eigenvalue weighted by Gasteiger charge is -2.34. The Balaban J connectivity index is 0.949. The molecule has 2 N–H and O–H groups in total. The lowest BCUT2D eigenvalue weighted by molar-refractivity contribution is -0.134. The third-order valence-corrected chi connectivity index (χ3v) is 10.3. The van der Waals surface area contributed by atoms with E-state index < -0.39 is 0 Å². The van der Waals surface area contributed by atoms with Gasteiger partial charge in [-0.05, 0) is 63.0 Å². The van der Waals surface area contributed by atoms with Crippen molar-refractivity contribution in [3.8, 4) is 0 Å². The van der Waals surface area contributed by atoms with Crippen molar-refractivity contribution in [2.75, 3.05) is 63.6 Å². The lowest BCUT2D eigenvalue weighted by atomic mass is 9.95. The second-order valence-corrected chi connectivity index (χ2v) is 13.2. The molecule has 0 bridgehead atoms. The van der Waals surface area contributed by atoms with E-state index in [1.807, 2.05) is 45.3 Å². The van der Waals surface area contributed by atoms with E-state index in [0.29, 0.717) is 28.1 Å². The smallest absolute Gasteiger partial charge is 0.265 e. The molecule has 2 amide bonds. The van der Waals surface area contributed by atoms with Gasteiger partial charge in [-0.1, -0.05) is 11.3 Å². The van der Waals surface area contributed by atoms with Gasteiger partial charge in [0.2, 0.25) is 5.91 Å². The minimum absolute atomic E-state index is 0.139. The molecular formula is C29H37N7O3S2. The summed E-state index contributed by atoms with van der Waals surface area (Å²) in [5, 5.41) is 7.77. The number of anilines is 2. The van der Waals surface area contributed by atoms with Crippen molar-refractivity contribution in [2.24, 2.45) is 5.92 Å². The number of carbonyl (C=O) groups is 2. The highest BCUT2D eigenvalue weighted by Crippen LogP contribution is 2.36. The molecule has 6 rings (SSSR count). The van der Waals surface area contributed by atoms with Crippen LogP contribution in [-0.4, -0.2) is 91.0 Å². The van der Waals surface area contributed by atoms with Crippen LogP contribution in [0.25, 0.3) is 20.6 Å². The van der Waals surface area contributed by atoms with Crippen LogP contribution < -0.4 is 15.5 Å². The van der Waals surface area contributed by atoms with E-state index in [9.17, 15) is 9.59 Å². The summed E-state index contributed by atoms with van der Waals surface area (Å²) in [7, 11) is 3.70. The standard InChI is InChI=1S/C29H37N7O3S2/c1-18-31-22-16-21(4-5-23(22)39-18)32-26(37)24-17-25-27(40-24)33-29(41-25)36-13-8-20(9-14-36)30-10-15-35-11-6-19(7-12-35)28(38)34(2)3/h4-5,16-17,19-20,30H,6-15H2,1-3H3,(H,32,37). The molecule has 5 heterocycles. The minimum Gasteiger partial charge on any atom is -0.441 e. The third kappa shape index (κ3) is 6.40. The van der Waals surface area contributed by atoms with Crippen LogP contribution in [0.3, 0.4) is 0 Å². The Morgan fingerprint density at radius 2 is 1.83 bits per heavy atom. The normalized spacial score (nSPS) is 17.5. The molecule has 2 fully saturated rings. The average Bonchev–Trinajstić information content (AvgIpc) is 3.66. The Hall–Kier alpha value is -3.06. The van der Waals surface area contributed by atoms with Crippen LogP contribution in [0.5, 0.6) is 0 Å². The molecule has 0 unspecified atom stereocenters. The highest BCUT2D eigenvalue weighted by atomic mass is 32.1. The molecule has 0 atom stereocenters. The predicted octanol–water partition coefficient (Wildman–Crippen LogP) is 4.42. The number of benzene rings is 1. The largest absolute Gasteiger partial charge is 0.441 e. The molecule has 2 aliphatic rings. The molecule has 0 spiro atoms. The third-order valence-electron chi connectivity index (χ3n) is 8.06. The summed E-state index contributed by atoms with van der Waals surface area (Å²) >= 11 is 3.10. The van der Waals surface area contributed by atoms with Crippen molar-refractivity contribution in [1.82, 2.24) is 25.1 Å². The van der Waals surface area contributed by atoms with Gasteiger partial charge < -0.3 is 29.8 Å². The zero-order valence-corrected chi connectivity index (χ0v) is 25.4. The molecule has 2 aliphatic heterocycles. The van der Waals surface area contributed by atoms with E-state index in [1.165, 1.54) is 11.3 Å². The highest BCUT2D eigenvalue weighted by molar-refractivity contribution is 7.29. The fraction of sp³-hybridized carbons (Fsp3) is 0.517. The molecule has 10 nitrogen and oxygen atoms in total. The number of piperidine rings is 2. The molecule has 0 aliphatic carbocycles. The van der Waals surface area contributed by atoms with Crippen LogP contribution >= 0.6 is 22.7 Å².